The highest BCUT2D eigenvalue weighted by atomic mass is 19.2. The summed E-state index contributed by atoms with van der Waals surface area (Å²) in [7, 11) is 1.64. The van der Waals surface area contributed by atoms with E-state index in [1.54, 1.807) is 31.3 Å². The second-order valence-corrected chi connectivity index (χ2v) is 5.86. The summed E-state index contributed by atoms with van der Waals surface area (Å²) < 4.78 is 26.3. The maximum Gasteiger partial charge on any atom is 0.258 e. The number of rotatable bonds is 4. The molecule has 4 nitrogen and oxygen atoms in total. The molecule has 136 valence electrons. The van der Waals surface area contributed by atoms with E-state index in [1.165, 1.54) is 23.1 Å². The lowest BCUT2D eigenvalue weighted by Gasteiger charge is -2.17. The lowest BCUT2D eigenvalue weighted by Crippen LogP contribution is -2.26. The first-order valence-electron chi connectivity index (χ1n) is 8.15. The van der Waals surface area contributed by atoms with Crippen LogP contribution in [-0.2, 0) is 0 Å². The molecule has 3 aromatic carbocycles. The van der Waals surface area contributed by atoms with E-state index in [0.29, 0.717) is 5.56 Å². The first-order valence-corrected chi connectivity index (χ1v) is 8.15. The molecular weight excluding hydrogens is 350 g/mol. The fraction of sp³-hybridized carbons (Fsp3) is 0.0476. The lowest BCUT2D eigenvalue weighted by molar-refractivity contribution is 0.0993. The zero-order chi connectivity index (χ0) is 19.4. The number of nitrogens with zero attached hydrogens (tertiary/aromatic N) is 1. The quantitative estimate of drug-likeness (QED) is 0.739. The van der Waals surface area contributed by atoms with E-state index in [2.05, 4.69) is 5.32 Å². The van der Waals surface area contributed by atoms with Crippen LogP contribution in [0, 0.1) is 11.6 Å². The van der Waals surface area contributed by atoms with Crippen molar-refractivity contribution in [3.05, 3.63) is 95.6 Å². The summed E-state index contributed by atoms with van der Waals surface area (Å²) in [4.78, 5) is 26.5. The molecule has 6 heteroatoms. The number of anilines is 2. The molecule has 0 radical (unpaired) electrons. The van der Waals surface area contributed by atoms with Gasteiger partial charge in [-0.25, -0.2) is 8.78 Å². The Morgan fingerprint density at radius 3 is 2.22 bits per heavy atom. The van der Waals surface area contributed by atoms with Crippen molar-refractivity contribution in [2.75, 3.05) is 17.3 Å². The van der Waals surface area contributed by atoms with Gasteiger partial charge in [0.25, 0.3) is 11.8 Å². The summed E-state index contributed by atoms with van der Waals surface area (Å²) >= 11 is 0. The first-order chi connectivity index (χ1) is 13.0. The third kappa shape index (κ3) is 4.17. The van der Waals surface area contributed by atoms with Gasteiger partial charge in [0.2, 0.25) is 0 Å². The number of nitrogens with one attached hydrogen (secondary N) is 1. The molecule has 3 rings (SSSR count). The molecule has 0 aliphatic heterocycles. The number of amides is 2. The monoisotopic (exact) mass is 366 g/mol. The summed E-state index contributed by atoms with van der Waals surface area (Å²) in [5.74, 6) is -2.85. The van der Waals surface area contributed by atoms with E-state index in [-0.39, 0.29) is 17.2 Å². The number of benzene rings is 3. The highest BCUT2D eigenvalue weighted by Gasteiger charge is 2.16. The minimum atomic E-state index is -1.05. The minimum Gasteiger partial charge on any atom is -0.322 e. The van der Waals surface area contributed by atoms with Gasteiger partial charge in [-0.3, -0.25) is 9.59 Å². The smallest absolute Gasteiger partial charge is 0.258 e. The van der Waals surface area contributed by atoms with Crippen LogP contribution in [0.3, 0.4) is 0 Å². The molecule has 0 aliphatic carbocycles. The van der Waals surface area contributed by atoms with Gasteiger partial charge in [-0.15, -0.1) is 0 Å². The molecular formula is C21H16F2N2O2. The van der Waals surface area contributed by atoms with Crippen LogP contribution in [0.4, 0.5) is 20.2 Å². The van der Waals surface area contributed by atoms with Gasteiger partial charge in [0.1, 0.15) is 0 Å². The number of hydrogen-bond donors (Lipinski definition) is 1. The number of carbonyl (C=O) groups excluding carboxylic acids is 2. The Hall–Kier alpha value is -3.54. The Morgan fingerprint density at radius 1 is 0.815 bits per heavy atom. The van der Waals surface area contributed by atoms with Gasteiger partial charge in [0.05, 0.1) is 0 Å². The molecule has 0 spiro atoms. The molecule has 0 atom stereocenters. The SMILES string of the molecule is CN(C(=O)c1cccc(C(=O)Nc2ccc(F)c(F)c2)c1)c1ccccc1. The zero-order valence-corrected chi connectivity index (χ0v) is 14.4. The zero-order valence-electron chi connectivity index (χ0n) is 14.4. The average Bonchev–Trinajstić information content (AvgIpc) is 2.70. The van der Waals surface area contributed by atoms with Crippen LogP contribution in [0.25, 0.3) is 0 Å². The second-order valence-electron chi connectivity index (χ2n) is 5.86. The van der Waals surface area contributed by atoms with Crippen LogP contribution in [0.15, 0.2) is 72.8 Å². The number of carbonyl (C=O) groups is 2. The van der Waals surface area contributed by atoms with Gasteiger partial charge < -0.3 is 10.2 Å². The highest BCUT2D eigenvalue weighted by Crippen LogP contribution is 2.17. The number of hydrogen-bond acceptors (Lipinski definition) is 2. The Kier molecular flexibility index (Phi) is 5.26. The molecule has 3 aromatic rings. The molecule has 0 unspecified atom stereocenters. The predicted molar refractivity (Wildman–Crippen MR) is 99.9 cm³/mol. The van der Waals surface area contributed by atoms with Crippen molar-refractivity contribution in [2.45, 2.75) is 0 Å². The Morgan fingerprint density at radius 2 is 1.52 bits per heavy atom. The minimum absolute atomic E-state index is 0.122. The maximum atomic E-state index is 13.3. The van der Waals surface area contributed by atoms with Gasteiger partial charge in [-0.1, -0.05) is 24.3 Å². The van der Waals surface area contributed by atoms with Crippen molar-refractivity contribution >= 4 is 23.2 Å². The Labute approximate surface area is 155 Å². The lowest BCUT2D eigenvalue weighted by atomic mass is 10.1. The van der Waals surface area contributed by atoms with E-state index in [9.17, 15) is 18.4 Å². The summed E-state index contributed by atoms with van der Waals surface area (Å²) in [5.41, 5.74) is 1.41. The third-order valence-electron chi connectivity index (χ3n) is 4.00. The normalized spacial score (nSPS) is 10.3. The van der Waals surface area contributed by atoms with Crippen molar-refractivity contribution in [1.29, 1.82) is 0 Å². The largest absolute Gasteiger partial charge is 0.322 e. The van der Waals surface area contributed by atoms with Gasteiger partial charge in [0.15, 0.2) is 11.6 Å². The molecule has 0 saturated carbocycles. The summed E-state index contributed by atoms with van der Waals surface area (Å²) in [6, 6.07) is 18.4. The standard InChI is InChI=1S/C21H16F2N2O2/c1-25(17-8-3-2-4-9-17)21(27)15-7-5-6-14(12-15)20(26)24-16-10-11-18(22)19(23)13-16/h2-13H,1H3,(H,24,26). The van der Waals surface area contributed by atoms with Gasteiger partial charge >= 0.3 is 0 Å². The third-order valence-corrected chi connectivity index (χ3v) is 4.00. The van der Waals surface area contributed by atoms with Crippen LogP contribution < -0.4 is 10.2 Å². The van der Waals surface area contributed by atoms with Crippen LogP contribution >= 0.6 is 0 Å². The number of halogens is 2. The molecule has 0 aromatic heterocycles. The molecule has 0 bridgehead atoms. The van der Waals surface area contributed by atoms with Crippen molar-refractivity contribution in [1.82, 2.24) is 0 Å². The van der Waals surface area contributed by atoms with Crippen LogP contribution in [0.1, 0.15) is 20.7 Å². The number of para-hydroxylation sites is 1. The van der Waals surface area contributed by atoms with E-state index in [4.69, 9.17) is 0 Å². The van der Waals surface area contributed by atoms with Gasteiger partial charge in [-0.05, 0) is 42.5 Å². The van der Waals surface area contributed by atoms with Crippen LogP contribution in [-0.4, -0.2) is 18.9 Å². The Balaban J connectivity index is 1.79. The molecule has 0 heterocycles. The second kappa shape index (κ2) is 7.78. The molecule has 27 heavy (non-hydrogen) atoms. The molecule has 0 fully saturated rings. The first kappa shape index (κ1) is 18.3. The van der Waals surface area contributed by atoms with Crippen molar-refractivity contribution < 1.29 is 18.4 Å². The van der Waals surface area contributed by atoms with E-state index >= 15 is 0 Å². The van der Waals surface area contributed by atoms with Crippen LogP contribution in [0.5, 0.6) is 0 Å². The van der Waals surface area contributed by atoms with Crippen molar-refractivity contribution in [2.24, 2.45) is 0 Å². The van der Waals surface area contributed by atoms with Gasteiger partial charge in [-0.2, -0.15) is 0 Å². The average molecular weight is 366 g/mol. The maximum absolute atomic E-state index is 13.3. The summed E-state index contributed by atoms with van der Waals surface area (Å²) in [5, 5.41) is 2.48. The molecule has 0 aliphatic rings. The summed E-state index contributed by atoms with van der Waals surface area (Å²) in [6.45, 7) is 0. The Bertz CT molecular complexity index is 990. The van der Waals surface area contributed by atoms with Crippen molar-refractivity contribution in [3.63, 3.8) is 0 Å². The summed E-state index contributed by atoms with van der Waals surface area (Å²) in [6.07, 6.45) is 0. The van der Waals surface area contributed by atoms with Gasteiger partial charge in [0, 0.05) is 35.6 Å². The topological polar surface area (TPSA) is 49.4 Å². The molecule has 0 saturated heterocycles. The van der Waals surface area contributed by atoms with E-state index in [1.807, 2.05) is 18.2 Å². The fourth-order valence-electron chi connectivity index (χ4n) is 2.53. The van der Waals surface area contributed by atoms with Crippen LogP contribution in [0.2, 0.25) is 0 Å². The molecule has 1 N–H and O–H groups in total. The molecule has 2 amide bonds. The van der Waals surface area contributed by atoms with E-state index in [0.717, 1.165) is 17.8 Å². The fourth-order valence-corrected chi connectivity index (χ4v) is 2.53. The van der Waals surface area contributed by atoms with E-state index < -0.39 is 17.5 Å². The predicted octanol–water partition coefficient (Wildman–Crippen LogP) is 4.49. The van der Waals surface area contributed by atoms with Crippen molar-refractivity contribution in [3.8, 4) is 0 Å². The highest BCUT2D eigenvalue weighted by molar-refractivity contribution is 6.09.